The van der Waals surface area contributed by atoms with Crippen LogP contribution in [0.2, 0.25) is 5.02 Å². The lowest BCUT2D eigenvalue weighted by Gasteiger charge is -2.10. The first-order chi connectivity index (χ1) is 10.0. The minimum absolute atomic E-state index is 0.174. The molecule has 1 amide bonds. The summed E-state index contributed by atoms with van der Waals surface area (Å²) in [5, 5.41) is 3.21. The van der Waals surface area contributed by atoms with Gasteiger partial charge in [-0.1, -0.05) is 11.6 Å². The van der Waals surface area contributed by atoms with Crippen LogP contribution in [0, 0.1) is 6.92 Å². The molecule has 1 heterocycles. The van der Waals surface area contributed by atoms with Crippen LogP contribution < -0.4 is 20.5 Å². The number of aryl methyl sites for hydroxylation is 1. The molecule has 1 aliphatic heterocycles. The molecular weight excluding hydrogens is 292 g/mol. The standard InChI is InChI=1S/C15H13ClN2O3/c1-8-4-11(17)10(16)6-12(8)18-15(19)9-2-3-13-14(5-9)21-7-20-13/h2-6H,7,17H2,1H3,(H,18,19). The lowest BCUT2D eigenvalue weighted by Crippen LogP contribution is -2.13. The van der Waals surface area contributed by atoms with Crippen LogP contribution in [0.25, 0.3) is 0 Å². The van der Waals surface area contributed by atoms with Crippen molar-refractivity contribution in [2.75, 3.05) is 17.8 Å². The summed E-state index contributed by atoms with van der Waals surface area (Å²) in [6.45, 7) is 2.02. The average Bonchev–Trinajstić information content (AvgIpc) is 2.92. The van der Waals surface area contributed by atoms with Crippen LogP contribution in [0.1, 0.15) is 15.9 Å². The maximum Gasteiger partial charge on any atom is 0.255 e. The van der Waals surface area contributed by atoms with Crippen LogP contribution in [-0.2, 0) is 0 Å². The molecule has 108 valence electrons. The van der Waals surface area contributed by atoms with Crippen molar-refractivity contribution >= 4 is 28.9 Å². The van der Waals surface area contributed by atoms with Crippen LogP contribution >= 0.6 is 11.6 Å². The molecule has 0 atom stereocenters. The van der Waals surface area contributed by atoms with Crippen molar-refractivity contribution in [3.8, 4) is 11.5 Å². The number of hydrogen-bond donors (Lipinski definition) is 2. The van der Waals surface area contributed by atoms with Gasteiger partial charge in [0.05, 0.1) is 10.7 Å². The maximum absolute atomic E-state index is 12.3. The van der Waals surface area contributed by atoms with Crippen molar-refractivity contribution < 1.29 is 14.3 Å². The lowest BCUT2D eigenvalue weighted by molar-refractivity contribution is 0.102. The highest BCUT2D eigenvalue weighted by molar-refractivity contribution is 6.33. The Hall–Kier alpha value is -2.40. The second kappa shape index (κ2) is 5.18. The van der Waals surface area contributed by atoms with Crippen LogP contribution in [0.4, 0.5) is 11.4 Å². The van der Waals surface area contributed by atoms with E-state index >= 15 is 0 Å². The second-order valence-corrected chi connectivity index (χ2v) is 5.12. The Kier molecular flexibility index (Phi) is 3.35. The highest BCUT2D eigenvalue weighted by Gasteiger charge is 2.17. The Morgan fingerprint density at radius 3 is 2.81 bits per heavy atom. The lowest BCUT2D eigenvalue weighted by atomic mass is 10.1. The van der Waals surface area contributed by atoms with Crippen LogP contribution in [0.5, 0.6) is 11.5 Å². The Labute approximate surface area is 126 Å². The molecule has 2 aromatic carbocycles. The molecule has 3 N–H and O–H groups in total. The van der Waals surface area contributed by atoms with E-state index in [-0.39, 0.29) is 12.7 Å². The minimum Gasteiger partial charge on any atom is -0.454 e. The van der Waals surface area contributed by atoms with Gasteiger partial charge in [-0.2, -0.15) is 0 Å². The van der Waals surface area contributed by atoms with E-state index in [1.165, 1.54) is 0 Å². The highest BCUT2D eigenvalue weighted by atomic mass is 35.5. The third-order valence-electron chi connectivity index (χ3n) is 3.23. The Morgan fingerprint density at radius 1 is 1.24 bits per heavy atom. The average molecular weight is 305 g/mol. The van der Waals surface area contributed by atoms with Gasteiger partial charge in [0.2, 0.25) is 6.79 Å². The van der Waals surface area contributed by atoms with Gasteiger partial charge in [-0.3, -0.25) is 4.79 Å². The molecule has 5 nitrogen and oxygen atoms in total. The summed E-state index contributed by atoms with van der Waals surface area (Å²) in [7, 11) is 0. The molecule has 0 saturated heterocycles. The molecule has 0 fully saturated rings. The fourth-order valence-corrected chi connectivity index (χ4v) is 2.23. The fourth-order valence-electron chi connectivity index (χ4n) is 2.07. The number of amides is 1. The Bertz CT molecular complexity index is 731. The number of anilines is 2. The monoisotopic (exact) mass is 304 g/mol. The van der Waals surface area contributed by atoms with Crippen LogP contribution in [-0.4, -0.2) is 12.7 Å². The maximum atomic E-state index is 12.3. The number of nitrogens with two attached hydrogens (primary N) is 1. The molecule has 0 bridgehead atoms. The van der Waals surface area contributed by atoms with E-state index in [4.69, 9.17) is 26.8 Å². The molecule has 0 unspecified atom stereocenters. The van der Waals surface area contributed by atoms with E-state index in [9.17, 15) is 4.79 Å². The van der Waals surface area contributed by atoms with Crippen molar-refractivity contribution in [2.24, 2.45) is 0 Å². The SMILES string of the molecule is Cc1cc(N)c(Cl)cc1NC(=O)c1ccc2c(c1)OCO2. The first-order valence-corrected chi connectivity index (χ1v) is 6.69. The predicted octanol–water partition coefficient (Wildman–Crippen LogP) is 3.21. The van der Waals surface area contributed by atoms with Crippen LogP contribution in [0.15, 0.2) is 30.3 Å². The summed E-state index contributed by atoms with van der Waals surface area (Å²) in [4.78, 5) is 12.3. The zero-order valence-electron chi connectivity index (χ0n) is 11.3. The van der Waals surface area contributed by atoms with Crippen molar-refractivity contribution in [3.63, 3.8) is 0 Å². The van der Waals surface area contributed by atoms with Crippen LogP contribution in [0.3, 0.4) is 0 Å². The smallest absolute Gasteiger partial charge is 0.255 e. The van der Waals surface area contributed by atoms with Gasteiger partial charge in [-0.05, 0) is 42.8 Å². The van der Waals surface area contributed by atoms with Gasteiger partial charge in [0.1, 0.15) is 0 Å². The highest BCUT2D eigenvalue weighted by Crippen LogP contribution is 2.33. The summed E-state index contributed by atoms with van der Waals surface area (Å²) < 4.78 is 10.5. The third-order valence-corrected chi connectivity index (χ3v) is 3.55. The Balaban J connectivity index is 1.85. The molecule has 6 heteroatoms. The van der Waals surface area contributed by atoms with Gasteiger partial charge >= 0.3 is 0 Å². The zero-order chi connectivity index (χ0) is 15.0. The van der Waals surface area contributed by atoms with Crippen molar-refractivity contribution in [1.29, 1.82) is 0 Å². The van der Waals surface area contributed by atoms with E-state index in [0.29, 0.717) is 33.5 Å². The summed E-state index contributed by atoms with van der Waals surface area (Å²) in [5.74, 6) is 0.949. The molecule has 1 aliphatic rings. The number of nitrogens with one attached hydrogen (secondary N) is 1. The molecule has 2 aromatic rings. The number of nitrogen functional groups attached to an aromatic ring is 1. The molecule has 0 spiro atoms. The molecule has 0 saturated carbocycles. The topological polar surface area (TPSA) is 73.6 Å². The predicted molar refractivity (Wildman–Crippen MR) is 81.1 cm³/mol. The number of ether oxygens (including phenoxy) is 2. The summed E-state index contributed by atoms with van der Waals surface area (Å²) in [6, 6.07) is 8.39. The number of carbonyl (C=O) groups excluding carboxylic acids is 1. The number of halogens is 1. The Morgan fingerprint density at radius 2 is 2.00 bits per heavy atom. The molecule has 3 rings (SSSR count). The molecule has 0 radical (unpaired) electrons. The number of fused-ring (bicyclic) bond motifs is 1. The van der Waals surface area contributed by atoms with E-state index in [0.717, 1.165) is 5.56 Å². The molecular formula is C15H13ClN2O3. The van der Waals surface area contributed by atoms with E-state index < -0.39 is 0 Å². The minimum atomic E-state index is -0.253. The van der Waals surface area contributed by atoms with Crippen molar-refractivity contribution in [3.05, 3.63) is 46.5 Å². The first kappa shape index (κ1) is 13.6. The van der Waals surface area contributed by atoms with Crippen molar-refractivity contribution in [1.82, 2.24) is 0 Å². The molecule has 0 aliphatic carbocycles. The molecule has 0 aromatic heterocycles. The summed E-state index contributed by atoms with van der Waals surface area (Å²) >= 11 is 5.98. The number of carbonyl (C=O) groups is 1. The van der Waals surface area contributed by atoms with E-state index in [2.05, 4.69) is 5.32 Å². The first-order valence-electron chi connectivity index (χ1n) is 6.31. The van der Waals surface area contributed by atoms with Crippen molar-refractivity contribution in [2.45, 2.75) is 6.92 Å². The third kappa shape index (κ3) is 2.60. The zero-order valence-corrected chi connectivity index (χ0v) is 12.0. The van der Waals surface area contributed by atoms with Gasteiger partial charge in [0.15, 0.2) is 11.5 Å². The van der Waals surface area contributed by atoms with Gasteiger partial charge in [0.25, 0.3) is 5.91 Å². The quantitative estimate of drug-likeness (QED) is 0.836. The number of benzene rings is 2. The largest absolute Gasteiger partial charge is 0.454 e. The summed E-state index contributed by atoms with van der Waals surface area (Å²) in [5.41, 5.74) is 8.14. The number of rotatable bonds is 2. The second-order valence-electron chi connectivity index (χ2n) is 4.71. The van der Waals surface area contributed by atoms with Gasteiger partial charge < -0.3 is 20.5 Å². The number of hydrogen-bond acceptors (Lipinski definition) is 4. The summed E-state index contributed by atoms with van der Waals surface area (Å²) in [6.07, 6.45) is 0. The van der Waals surface area contributed by atoms with E-state index in [1.54, 1.807) is 30.3 Å². The van der Waals surface area contributed by atoms with E-state index in [1.807, 2.05) is 6.92 Å². The van der Waals surface area contributed by atoms with Gasteiger partial charge in [0, 0.05) is 11.3 Å². The molecule has 21 heavy (non-hydrogen) atoms. The fraction of sp³-hybridized carbons (Fsp3) is 0.133. The normalized spacial score (nSPS) is 12.3. The van der Waals surface area contributed by atoms with Gasteiger partial charge in [-0.15, -0.1) is 0 Å². The van der Waals surface area contributed by atoms with Gasteiger partial charge in [-0.25, -0.2) is 0 Å².